The number of rotatable bonds is 4. The minimum atomic E-state index is -0.249. The molecule has 0 amide bonds. The van der Waals surface area contributed by atoms with Gasteiger partial charge in [0.1, 0.15) is 0 Å². The van der Waals surface area contributed by atoms with Crippen molar-refractivity contribution in [2.24, 2.45) is 5.92 Å². The third-order valence-electron chi connectivity index (χ3n) is 1.59. The molecular formula is C9H16O. The predicted molar refractivity (Wildman–Crippen MR) is 44.8 cm³/mol. The van der Waals surface area contributed by atoms with E-state index in [9.17, 15) is 0 Å². The first-order valence-corrected chi connectivity index (χ1v) is 3.69. The second-order valence-electron chi connectivity index (χ2n) is 2.43. The van der Waals surface area contributed by atoms with Gasteiger partial charge in [-0.05, 0) is 13.3 Å². The molecule has 0 aromatic carbocycles. The lowest BCUT2D eigenvalue weighted by Crippen LogP contribution is -2.12. The highest BCUT2D eigenvalue weighted by Gasteiger charge is 2.06. The van der Waals surface area contributed by atoms with E-state index in [1.54, 1.807) is 6.08 Å². The summed E-state index contributed by atoms with van der Waals surface area (Å²) < 4.78 is 0. The van der Waals surface area contributed by atoms with E-state index in [-0.39, 0.29) is 12.0 Å². The maximum atomic E-state index is 9.15. The molecule has 0 spiro atoms. The Labute approximate surface area is 63.1 Å². The standard InChI is InChI=1S/C9H16O/c1-4-6-7-9(5-2)8(3)10/h4,6-10H,1,5H2,2-3H3/b7-6+/t8-,9+/m0/s1. The first-order chi connectivity index (χ1) is 4.72. The second kappa shape index (κ2) is 5.24. The lowest BCUT2D eigenvalue weighted by Gasteiger charge is -2.12. The highest BCUT2D eigenvalue weighted by atomic mass is 16.3. The summed E-state index contributed by atoms with van der Waals surface area (Å²) in [4.78, 5) is 0. The van der Waals surface area contributed by atoms with Crippen molar-refractivity contribution in [3.05, 3.63) is 24.8 Å². The Hall–Kier alpha value is -0.560. The van der Waals surface area contributed by atoms with Gasteiger partial charge in [-0.1, -0.05) is 31.7 Å². The quantitative estimate of drug-likeness (QED) is 0.593. The van der Waals surface area contributed by atoms with Gasteiger partial charge in [0.05, 0.1) is 6.10 Å². The zero-order chi connectivity index (χ0) is 7.98. The molecule has 10 heavy (non-hydrogen) atoms. The molecule has 0 fully saturated rings. The molecule has 2 atom stereocenters. The fourth-order valence-corrected chi connectivity index (χ4v) is 0.859. The van der Waals surface area contributed by atoms with Crippen LogP contribution in [0.1, 0.15) is 20.3 Å². The van der Waals surface area contributed by atoms with Crippen molar-refractivity contribution in [2.45, 2.75) is 26.4 Å². The summed E-state index contributed by atoms with van der Waals surface area (Å²) >= 11 is 0. The summed E-state index contributed by atoms with van der Waals surface area (Å²) in [5.74, 6) is 0.276. The molecule has 58 valence electrons. The smallest absolute Gasteiger partial charge is 0.0574 e. The van der Waals surface area contributed by atoms with Gasteiger partial charge in [-0.2, -0.15) is 0 Å². The van der Waals surface area contributed by atoms with Crippen LogP contribution in [0.4, 0.5) is 0 Å². The van der Waals surface area contributed by atoms with E-state index in [1.807, 2.05) is 19.1 Å². The summed E-state index contributed by atoms with van der Waals surface area (Å²) in [6.45, 7) is 7.43. The molecule has 0 saturated carbocycles. The zero-order valence-corrected chi connectivity index (χ0v) is 6.75. The van der Waals surface area contributed by atoms with Gasteiger partial charge in [-0.15, -0.1) is 0 Å². The molecule has 0 aliphatic rings. The van der Waals surface area contributed by atoms with Crippen LogP contribution in [0.15, 0.2) is 24.8 Å². The van der Waals surface area contributed by atoms with Gasteiger partial charge in [-0.25, -0.2) is 0 Å². The van der Waals surface area contributed by atoms with E-state index in [1.165, 1.54) is 0 Å². The largest absolute Gasteiger partial charge is 0.393 e. The molecule has 0 unspecified atom stereocenters. The average Bonchev–Trinajstić information content (AvgIpc) is 1.89. The summed E-state index contributed by atoms with van der Waals surface area (Å²) in [7, 11) is 0. The van der Waals surface area contributed by atoms with E-state index in [4.69, 9.17) is 5.11 Å². The molecule has 0 rings (SSSR count). The summed E-state index contributed by atoms with van der Waals surface area (Å²) in [5.41, 5.74) is 0. The number of hydrogen-bond acceptors (Lipinski definition) is 1. The molecule has 0 aliphatic heterocycles. The van der Waals surface area contributed by atoms with Crippen LogP contribution in [-0.2, 0) is 0 Å². The van der Waals surface area contributed by atoms with Crippen molar-refractivity contribution < 1.29 is 5.11 Å². The van der Waals surface area contributed by atoms with Crippen molar-refractivity contribution in [1.29, 1.82) is 0 Å². The molecule has 1 nitrogen and oxygen atoms in total. The van der Waals surface area contributed by atoms with Gasteiger partial charge in [0.15, 0.2) is 0 Å². The maximum absolute atomic E-state index is 9.15. The molecule has 0 aliphatic carbocycles. The molecule has 0 bridgehead atoms. The molecular weight excluding hydrogens is 124 g/mol. The van der Waals surface area contributed by atoms with Gasteiger partial charge in [0, 0.05) is 5.92 Å². The normalized spacial score (nSPS) is 17.1. The Morgan fingerprint density at radius 1 is 1.60 bits per heavy atom. The fourth-order valence-electron chi connectivity index (χ4n) is 0.859. The van der Waals surface area contributed by atoms with E-state index < -0.39 is 0 Å². The Bertz CT molecular complexity index is 114. The molecule has 0 saturated heterocycles. The summed E-state index contributed by atoms with van der Waals surface area (Å²) in [6, 6.07) is 0. The van der Waals surface area contributed by atoms with Crippen LogP contribution in [0.5, 0.6) is 0 Å². The van der Waals surface area contributed by atoms with Crippen molar-refractivity contribution >= 4 is 0 Å². The Kier molecular flexibility index (Phi) is 4.95. The van der Waals surface area contributed by atoms with Crippen LogP contribution in [0.2, 0.25) is 0 Å². The minimum Gasteiger partial charge on any atom is -0.393 e. The monoisotopic (exact) mass is 140 g/mol. The Morgan fingerprint density at radius 2 is 2.20 bits per heavy atom. The van der Waals surface area contributed by atoms with Gasteiger partial charge in [0.2, 0.25) is 0 Å². The molecule has 0 aromatic heterocycles. The third kappa shape index (κ3) is 3.46. The highest BCUT2D eigenvalue weighted by molar-refractivity contribution is 5.00. The summed E-state index contributed by atoms with van der Waals surface area (Å²) in [6.07, 6.45) is 6.31. The Morgan fingerprint density at radius 3 is 2.50 bits per heavy atom. The van der Waals surface area contributed by atoms with E-state index >= 15 is 0 Å². The van der Waals surface area contributed by atoms with Gasteiger partial charge < -0.3 is 5.11 Å². The van der Waals surface area contributed by atoms with Crippen molar-refractivity contribution in [1.82, 2.24) is 0 Å². The van der Waals surface area contributed by atoms with E-state index in [2.05, 4.69) is 13.5 Å². The number of hydrogen-bond donors (Lipinski definition) is 1. The van der Waals surface area contributed by atoms with Crippen LogP contribution >= 0.6 is 0 Å². The predicted octanol–water partition coefficient (Wildman–Crippen LogP) is 2.14. The van der Waals surface area contributed by atoms with E-state index in [0.29, 0.717) is 0 Å². The second-order valence-corrected chi connectivity index (χ2v) is 2.43. The van der Waals surface area contributed by atoms with Crippen LogP contribution in [0.3, 0.4) is 0 Å². The lowest BCUT2D eigenvalue weighted by atomic mass is 10.0. The fraction of sp³-hybridized carbons (Fsp3) is 0.556. The number of allylic oxidation sites excluding steroid dienone is 2. The maximum Gasteiger partial charge on any atom is 0.0574 e. The van der Waals surface area contributed by atoms with Gasteiger partial charge >= 0.3 is 0 Å². The van der Waals surface area contributed by atoms with Crippen molar-refractivity contribution in [3.8, 4) is 0 Å². The molecule has 0 heterocycles. The molecule has 1 heteroatoms. The molecule has 1 N–H and O–H groups in total. The lowest BCUT2D eigenvalue weighted by molar-refractivity contribution is 0.147. The van der Waals surface area contributed by atoms with Gasteiger partial charge in [-0.3, -0.25) is 0 Å². The average molecular weight is 140 g/mol. The van der Waals surface area contributed by atoms with E-state index in [0.717, 1.165) is 6.42 Å². The topological polar surface area (TPSA) is 20.2 Å². The first-order valence-electron chi connectivity index (χ1n) is 3.69. The van der Waals surface area contributed by atoms with Crippen LogP contribution in [0, 0.1) is 5.92 Å². The Balaban J connectivity index is 3.82. The number of aliphatic hydroxyl groups is 1. The number of aliphatic hydroxyl groups excluding tert-OH is 1. The van der Waals surface area contributed by atoms with Crippen LogP contribution < -0.4 is 0 Å². The van der Waals surface area contributed by atoms with Crippen molar-refractivity contribution in [3.63, 3.8) is 0 Å². The van der Waals surface area contributed by atoms with Crippen LogP contribution in [0.25, 0.3) is 0 Å². The van der Waals surface area contributed by atoms with Gasteiger partial charge in [0.25, 0.3) is 0 Å². The molecule has 0 radical (unpaired) electrons. The first kappa shape index (κ1) is 9.44. The molecule has 0 aromatic rings. The summed E-state index contributed by atoms with van der Waals surface area (Å²) in [5, 5.41) is 9.15. The van der Waals surface area contributed by atoms with Crippen molar-refractivity contribution in [2.75, 3.05) is 0 Å². The third-order valence-corrected chi connectivity index (χ3v) is 1.59. The zero-order valence-electron chi connectivity index (χ0n) is 6.75. The SMILES string of the molecule is C=C/C=C/[C@@H](CC)[C@H](C)O. The minimum absolute atomic E-state index is 0.249. The van der Waals surface area contributed by atoms with Crippen LogP contribution in [-0.4, -0.2) is 11.2 Å². The highest BCUT2D eigenvalue weighted by Crippen LogP contribution is 2.09.